The molecule has 0 saturated carbocycles. The predicted molar refractivity (Wildman–Crippen MR) is 120 cm³/mol. The molecule has 0 spiro atoms. The van der Waals surface area contributed by atoms with Crippen molar-refractivity contribution in [2.45, 2.75) is 31.2 Å². The summed E-state index contributed by atoms with van der Waals surface area (Å²) in [6.45, 7) is 6.14. The first-order valence-corrected chi connectivity index (χ1v) is 11.0. The summed E-state index contributed by atoms with van der Waals surface area (Å²) in [5.74, 6) is 3.16. The lowest BCUT2D eigenvalue weighted by Gasteiger charge is -2.09. The Labute approximate surface area is 182 Å². The highest BCUT2D eigenvalue weighted by Gasteiger charge is 2.19. The van der Waals surface area contributed by atoms with Crippen LogP contribution in [0.15, 0.2) is 23.4 Å². The number of nitrogens with two attached hydrogens (primary N) is 1. The van der Waals surface area contributed by atoms with Gasteiger partial charge in [-0.05, 0) is 38.5 Å². The van der Waals surface area contributed by atoms with Gasteiger partial charge in [0.1, 0.15) is 28.0 Å². The van der Waals surface area contributed by atoms with Crippen molar-refractivity contribution in [1.29, 1.82) is 0 Å². The zero-order chi connectivity index (χ0) is 21.4. The molecule has 8 nitrogen and oxygen atoms in total. The molecular formula is C20H22N6O2S2. The standard InChI is InChI=1S/C20H22N6O2S2/c1-9-10(2)29-19-15(9)16(21)22-17(23-19)11(3)30-20-24-18(25-26-20)13-7-6-12(27-4)8-14(13)28-5/h6-8,11H,1-5H3,(H2,21,22,23)(H,24,25,26). The van der Waals surface area contributed by atoms with Gasteiger partial charge in [0, 0.05) is 10.9 Å². The Bertz CT molecular complexity index is 1220. The molecule has 156 valence electrons. The summed E-state index contributed by atoms with van der Waals surface area (Å²) >= 11 is 3.10. The van der Waals surface area contributed by atoms with E-state index < -0.39 is 0 Å². The molecule has 0 aliphatic carbocycles. The lowest BCUT2D eigenvalue weighted by Crippen LogP contribution is -2.02. The van der Waals surface area contributed by atoms with Gasteiger partial charge < -0.3 is 15.2 Å². The zero-order valence-electron chi connectivity index (χ0n) is 17.3. The van der Waals surface area contributed by atoms with Gasteiger partial charge in [-0.25, -0.2) is 15.0 Å². The molecule has 0 aliphatic rings. The molecule has 0 fully saturated rings. The van der Waals surface area contributed by atoms with Gasteiger partial charge in [0.05, 0.1) is 30.4 Å². The maximum absolute atomic E-state index is 6.22. The second-order valence-electron chi connectivity index (χ2n) is 6.72. The van der Waals surface area contributed by atoms with E-state index in [0.717, 1.165) is 21.3 Å². The van der Waals surface area contributed by atoms with Crippen molar-refractivity contribution in [3.05, 3.63) is 34.5 Å². The number of fused-ring (bicyclic) bond motifs is 1. The number of aryl methyl sites for hydroxylation is 2. The molecule has 3 aromatic heterocycles. The molecule has 1 atom stereocenters. The molecule has 0 amide bonds. The first-order valence-electron chi connectivity index (χ1n) is 9.25. The number of aromatic nitrogens is 5. The van der Waals surface area contributed by atoms with Crippen LogP contribution in [0.2, 0.25) is 0 Å². The van der Waals surface area contributed by atoms with Gasteiger partial charge in [-0.1, -0.05) is 11.8 Å². The number of nitrogen functional groups attached to an aromatic ring is 1. The summed E-state index contributed by atoms with van der Waals surface area (Å²) in [4.78, 5) is 16.0. The number of benzene rings is 1. The van der Waals surface area contributed by atoms with Crippen LogP contribution < -0.4 is 15.2 Å². The van der Waals surface area contributed by atoms with Crippen LogP contribution in [0.4, 0.5) is 5.82 Å². The number of nitrogens with one attached hydrogen (secondary N) is 1. The van der Waals surface area contributed by atoms with E-state index in [9.17, 15) is 0 Å². The summed E-state index contributed by atoms with van der Waals surface area (Å²) in [7, 11) is 3.22. The number of methoxy groups -OCH3 is 2. The largest absolute Gasteiger partial charge is 0.497 e. The van der Waals surface area contributed by atoms with Crippen LogP contribution >= 0.6 is 23.1 Å². The molecule has 30 heavy (non-hydrogen) atoms. The number of aromatic amines is 1. The molecule has 4 rings (SSSR count). The second-order valence-corrected chi connectivity index (χ2v) is 9.23. The Morgan fingerprint density at radius 3 is 2.67 bits per heavy atom. The van der Waals surface area contributed by atoms with Crippen molar-refractivity contribution in [2.24, 2.45) is 0 Å². The molecule has 1 unspecified atom stereocenters. The normalized spacial score (nSPS) is 12.3. The van der Waals surface area contributed by atoms with Gasteiger partial charge in [-0.3, -0.25) is 5.10 Å². The van der Waals surface area contributed by atoms with E-state index in [4.69, 9.17) is 20.2 Å². The van der Waals surface area contributed by atoms with E-state index in [1.165, 1.54) is 16.6 Å². The predicted octanol–water partition coefficient (Wildman–Crippen LogP) is 4.55. The number of thiophene rings is 1. The Balaban J connectivity index is 1.59. The average Bonchev–Trinajstić information content (AvgIpc) is 3.31. The number of nitrogens with zero attached hydrogens (tertiary/aromatic N) is 4. The molecule has 0 bridgehead atoms. The van der Waals surface area contributed by atoms with Crippen LogP contribution in [-0.4, -0.2) is 39.4 Å². The second kappa shape index (κ2) is 8.11. The average molecular weight is 443 g/mol. The Morgan fingerprint density at radius 2 is 1.93 bits per heavy atom. The molecule has 0 radical (unpaired) electrons. The lowest BCUT2D eigenvalue weighted by molar-refractivity contribution is 0.395. The van der Waals surface area contributed by atoms with Crippen LogP contribution in [-0.2, 0) is 0 Å². The van der Waals surface area contributed by atoms with Crippen molar-refractivity contribution in [3.63, 3.8) is 0 Å². The van der Waals surface area contributed by atoms with Crippen molar-refractivity contribution in [1.82, 2.24) is 25.1 Å². The van der Waals surface area contributed by atoms with Gasteiger partial charge in [-0.2, -0.15) is 0 Å². The van der Waals surface area contributed by atoms with Crippen molar-refractivity contribution >= 4 is 39.1 Å². The number of H-pyrrole nitrogens is 1. The molecular weight excluding hydrogens is 420 g/mol. The third kappa shape index (κ3) is 3.68. The highest BCUT2D eigenvalue weighted by atomic mass is 32.2. The van der Waals surface area contributed by atoms with Crippen molar-refractivity contribution < 1.29 is 9.47 Å². The fourth-order valence-electron chi connectivity index (χ4n) is 3.10. The maximum Gasteiger partial charge on any atom is 0.209 e. The zero-order valence-corrected chi connectivity index (χ0v) is 18.9. The number of anilines is 1. The SMILES string of the molecule is COc1ccc(-c2nc(SC(C)c3nc(N)c4c(C)c(C)sc4n3)n[nH]2)c(OC)c1. The summed E-state index contributed by atoms with van der Waals surface area (Å²) in [5.41, 5.74) is 8.17. The molecule has 10 heteroatoms. The van der Waals surface area contributed by atoms with Crippen LogP contribution in [0.25, 0.3) is 21.6 Å². The molecule has 3 heterocycles. The van der Waals surface area contributed by atoms with Crippen molar-refractivity contribution in [2.75, 3.05) is 20.0 Å². The lowest BCUT2D eigenvalue weighted by atomic mass is 10.2. The van der Waals surface area contributed by atoms with Crippen LogP contribution in [0.1, 0.15) is 28.4 Å². The van der Waals surface area contributed by atoms with Crippen LogP contribution in [0, 0.1) is 13.8 Å². The molecule has 4 aromatic rings. The highest BCUT2D eigenvalue weighted by molar-refractivity contribution is 7.99. The number of thioether (sulfide) groups is 1. The number of ether oxygens (including phenoxy) is 2. The topological polar surface area (TPSA) is 112 Å². The van der Waals surface area contributed by atoms with E-state index in [0.29, 0.717) is 34.1 Å². The minimum atomic E-state index is -0.0687. The summed E-state index contributed by atoms with van der Waals surface area (Å²) in [6.07, 6.45) is 0. The first-order chi connectivity index (χ1) is 14.4. The fourth-order valence-corrected chi connectivity index (χ4v) is 4.92. The quantitative estimate of drug-likeness (QED) is 0.418. The molecule has 0 saturated heterocycles. The van der Waals surface area contributed by atoms with Gasteiger partial charge in [0.25, 0.3) is 0 Å². The van der Waals surface area contributed by atoms with Crippen molar-refractivity contribution in [3.8, 4) is 22.9 Å². The van der Waals surface area contributed by atoms with Crippen LogP contribution in [0.5, 0.6) is 11.5 Å². The van der Waals surface area contributed by atoms with E-state index in [-0.39, 0.29) is 5.25 Å². The van der Waals surface area contributed by atoms with Gasteiger partial charge in [0.15, 0.2) is 5.82 Å². The monoisotopic (exact) mass is 442 g/mol. The van der Waals surface area contributed by atoms with Gasteiger partial charge >= 0.3 is 0 Å². The molecule has 1 aromatic carbocycles. The third-order valence-electron chi connectivity index (χ3n) is 4.85. The number of hydrogen-bond acceptors (Lipinski definition) is 9. The highest BCUT2D eigenvalue weighted by Crippen LogP contribution is 2.37. The minimum absolute atomic E-state index is 0.0687. The molecule has 3 N–H and O–H groups in total. The number of hydrogen-bond donors (Lipinski definition) is 2. The smallest absolute Gasteiger partial charge is 0.209 e. The van der Waals surface area contributed by atoms with Gasteiger partial charge in [0.2, 0.25) is 5.16 Å². The Morgan fingerprint density at radius 1 is 1.13 bits per heavy atom. The van der Waals surface area contributed by atoms with E-state index in [1.54, 1.807) is 25.6 Å². The number of rotatable bonds is 6. The maximum atomic E-state index is 6.22. The van der Waals surface area contributed by atoms with Crippen LogP contribution in [0.3, 0.4) is 0 Å². The molecule has 0 aliphatic heterocycles. The van der Waals surface area contributed by atoms with E-state index in [2.05, 4.69) is 27.1 Å². The summed E-state index contributed by atoms with van der Waals surface area (Å²) in [6, 6.07) is 5.55. The summed E-state index contributed by atoms with van der Waals surface area (Å²) in [5, 5.41) is 8.79. The van der Waals surface area contributed by atoms with E-state index in [1.807, 2.05) is 32.0 Å². The minimum Gasteiger partial charge on any atom is -0.497 e. The van der Waals surface area contributed by atoms with Gasteiger partial charge in [-0.15, -0.1) is 16.4 Å². The summed E-state index contributed by atoms with van der Waals surface area (Å²) < 4.78 is 10.7. The third-order valence-corrected chi connectivity index (χ3v) is 6.91. The fraction of sp³-hybridized carbons (Fsp3) is 0.300. The first kappa shape index (κ1) is 20.4. The van der Waals surface area contributed by atoms with E-state index >= 15 is 0 Å². The Kier molecular flexibility index (Phi) is 5.52. The Hall–Kier alpha value is -2.85.